The quantitative estimate of drug-likeness (QED) is 0.672. The number of carbonyl (C=O) groups excluding carboxylic acids is 1. The monoisotopic (exact) mass is 421 g/mol. The summed E-state index contributed by atoms with van der Waals surface area (Å²) in [7, 11) is 0. The normalized spacial score (nSPS) is 15.0. The standard InChI is InChI=1S/C26H35N3O2/c1-25(2,3)20-14-19(15-21(23(20)31)26(4,5)6)22(30)17-29-13-12-28(24(29)27)16-18-10-8-7-9-11-18/h7-11,14-15,27,31H,12-13,16-17H2,1-6H3. The second kappa shape index (κ2) is 8.37. The van der Waals surface area contributed by atoms with E-state index in [0.29, 0.717) is 24.6 Å². The molecule has 1 aliphatic rings. The van der Waals surface area contributed by atoms with Crippen molar-refractivity contribution in [2.75, 3.05) is 19.6 Å². The van der Waals surface area contributed by atoms with Gasteiger partial charge in [0.25, 0.3) is 0 Å². The average molecular weight is 422 g/mol. The molecule has 2 aromatic carbocycles. The lowest BCUT2D eigenvalue weighted by Crippen LogP contribution is -2.36. The molecule has 5 nitrogen and oxygen atoms in total. The van der Waals surface area contributed by atoms with Crippen molar-refractivity contribution < 1.29 is 9.90 Å². The Morgan fingerprint density at radius 2 is 1.45 bits per heavy atom. The minimum Gasteiger partial charge on any atom is -0.507 e. The molecular weight excluding hydrogens is 386 g/mol. The first kappa shape index (κ1) is 22.9. The first-order chi connectivity index (χ1) is 14.4. The molecule has 5 heteroatoms. The number of benzene rings is 2. The maximum atomic E-state index is 13.2. The zero-order valence-electron chi connectivity index (χ0n) is 19.6. The molecule has 0 spiro atoms. The molecule has 166 valence electrons. The van der Waals surface area contributed by atoms with E-state index in [4.69, 9.17) is 5.41 Å². The summed E-state index contributed by atoms with van der Waals surface area (Å²) in [5.41, 5.74) is 2.75. The molecule has 0 radical (unpaired) electrons. The molecule has 0 amide bonds. The van der Waals surface area contributed by atoms with Crippen molar-refractivity contribution in [2.24, 2.45) is 0 Å². The van der Waals surface area contributed by atoms with Gasteiger partial charge in [0.1, 0.15) is 5.75 Å². The van der Waals surface area contributed by atoms with Crippen LogP contribution in [0.3, 0.4) is 0 Å². The van der Waals surface area contributed by atoms with Crippen LogP contribution in [0.2, 0.25) is 0 Å². The number of hydrogen-bond donors (Lipinski definition) is 2. The van der Waals surface area contributed by atoms with Crippen LogP contribution in [0.5, 0.6) is 5.75 Å². The summed E-state index contributed by atoms with van der Waals surface area (Å²) >= 11 is 0. The largest absolute Gasteiger partial charge is 0.507 e. The van der Waals surface area contributed by atoms with Crippen molar-refractivity contribution in [3.05, 3.63) is 64.7 Å². The third kappa shape index (κ3) is 5.09. The first-order valence-corrected chi connectivity index (χ1v) is 10.9. The van der Waals surface area contributed by atoms with Gasteiger partial charge in [-0.25, -0.2) is 0 Å². The van der Waals surface area contributed by atoms with E-state index in [1.807, 2.05) is 81.7 Å². The van der Waals surface area contributed by atoms with E-state index in [2.05, 4.69) is 12.1 Å². The molecule has 1 fully saturated rings. The number of rotatable bonds is 5. The van der Waals surface area contributed by atoms with Crippen LogP contribution in [-0.4, -0.2) is 46.3 Å². The molecule has 0 bridgehead atoms. The van der Waals surface area contributed by atoms with Crippen molar-refractivity contribution >= 4 is 11.7 Å². The molecule has 1 aliphatic heterocycles. The van der Waals surface area contributed by atoms with Gasteiger partial charge in [-0.1, -0.05) is 71.9 Å². The second-order valence-electron chi connectivity index (χ2n) is 10.5. The number of ketones is 1. The smallest absolute Gasteiger partial charge is 0.194 e. The van der Waals surface area contributed by atoms with Crippen LogP contribution in [0.4, 0.5) is 0 Å². The Bertz CT molecular complexity index is 933. The molecule has 0 saturated carbocycles. The molecule has 3 rings (SSSR count). The summed E-state index contributed by atoms with van der Waals surface area (Å²) < 4.78 is 0. The maximum Gasteiger partial charge on any atom is 0.194 e. The van der Waals surface area contributed by atoms with Gasteiger partial charge in [0.05, 0.1) is 6.54 Å². The van der Waals surface area contributed by atoms with E-state index in [9.17, 15) is 9.90 Å². The predicted octanol–water partition coefficient (Wildman–Crippen LogP) is 4.92. The predicted molar refractivity (Wildman–Crippen MR) is 126 cm³/mol. The van der Waals surface area contributed by atoms with Crippen LogP contribution in [0, 0.1) is 5.41 Å². The Balaban J connectivity index is 1.81. The van der Waals surface area contributed by atoms with Crippen molar-refractivity contribution in [1.82, 2.24) is 9.80 Å². The topological polar surface area (TPSA) is 67.6 Å². The molecule has 1 saturated heterocycles. The number of hydrogen-bond acceptors (Lipinski definition) is 3. The number of guanidine groups is 1. The van der Waals surface area contributed by atoms with Crippen LogP contribution in [0.1, 0.15) is 68.6 Å². The molecule has 2 aromatic rings. The minimum atomic E-state index is -0.285. The zero-order chi connectivity index (χ0) is 23.0. The van der Waals surface area contributed by atoms with Gasteiger partial charge in [0.2, 0.25) is 0 Å². The van der Waals surface area contributed by atoms with Gasteiger partial charge in [0, 0.05) is 36.3 Å². The average Bonchev–Trinajstić information content (AvgIpc) is 3.00. The Morgan fingerprint density at radius 3 is 1.97 bits per heavy atom. The summed E-state index contributed by atoms with van der Waals surface area (Å²) in [6.45, 7) is 14.5. The van der Waals surface area contributed by atoms with E-state index in [1.165, 1.54) is 0 Å². The van der Waals surface area contributed by atoms with Crippen LogP contribution in [0.15, 0.2) is 42.5 Å². The Hall–Kier alpha value is -2.82. The number of phenols is 1. The second-order valence-corrected chi connectivity index (χ2v) is 10.5. The third-order valence-corrected chi connectivity index (χ3v) is 5.84. The van der Waals surface area contributed by atoms with Gasteiger partial charge < -0.3 is 14.9 Å². The van der Waals surface area contributed by atoms with Gasteiger partial charge >= 0.3 is 0 Å². The number of nitrogens with one attached hydrogen (secondary N) is 1. The fourth-order valence-electron chi connectivity index (χ4n) is 3.97. The van der Waals surface area contributed by atoms with Gasteiger partial charge in [-0.3, -0.25) is 10.2 Å². The van der Waals surface area contributed by atoms with Crippen molar-refractivity contribution in [2.45, 2.75) is 58.9 Å². The summed E-state index contributed by atoms with van der Waals surface area (Å²) in [6.07, 6.45) is 0. The lowest BCUT2D eigenvalue weighted by Gasteiger charge is -2.28. The lowest BCUT2D eigenvalue weighted by molar-refractivity contribution is 0.0966. The SMILES string of the molecule is CC(C)(C)c1cc(C(=O)CN2CCN(Cc3ccccc3)C2=N)cc(C(C)(C)C)c1O. The Kier molecular flexibility index (Phi) is 6.17. The van der Waals surface area contributed by atoms with Gasteiger partial charge in [-0.15, -0.1) is 0 Å². The first-order valence-electron chi connectivity index (χ1n) is 10.9. The fraction of sp³-hybridized carbons (Fsp3) is 0.462. The number of phenolic OH excluding ortho intramolecular Hbond substituents is 1. The Morgan fingerprint density at radius 1 is 0.935 bits per heavy atom. The van der Waals surface area contributed by atoms with E-state index in [0.717, 1.165) is 23.2 Å². The van der Waals surface area contributed by atoms with E-state index < -0.39 is 0 Å². The summed E-state index contributed by atoms with van der Waals surface area (Å²) in [4.78, 5) is 17.1. The maximum absolute atomic E-state index is 13.2. The van der Waals surface area contributed by atoms with Gasteiger partial charge in [-0.2, -0.15) is 0 Å². The number of nitrogens with zero attached hydrogens (tertiary/aromatic N) is 2. The van der Waals surface area contributed by atoms with E-state index in [1.54, 1.807) is 0 Å². The molecular formula is C26H35N3O2. The highest BCUT2D eigenvalue weighted by molar-refractivity contribution is 6.00. The van der Waals surface area contributed by atoms with E-state index in [-0.39, 0.29) is 28.9 Å². The zero-order valence-corrected chi connectivity index (χ0v) is 19.6. The third-order valence-electron chi connectivity index (χ3n) is 5.84. The van der Waals surface area contributed by atoms with Crippen molar-refractivity contribution in [3.63, 3.8) is 0 Å². The van der Waals surface area contributed by atoms with Crippen LogP contribution in [-0.2, 0) is 17.4 Å². The molecule has 1 heterocycles. The molecule has 0 atom stereocenters. The molecule has 0 aromatic heterocycles. The fourth-order valence-corrected chi connectivity index (χ4v) is 3.97. The van der Waals surface area contributed by atoms with Crippen LogP contribution >= 0.6 is 0 Å². The lowest BCUT2D eigenvalue weighted by atomic mass is 9.78. The van der Waals surface area contributed by atoms with Crippen molar-refractivity contribution in [1.29, 1.82) is 5.41 Å². The van der Waals surface area contributed by atoms with Crippen molar-refractivity contribution in [3.8, 4) is 5.75 Å². The molecule has 0 unspecified atom stereocenters. The highest BCUT2D eigenvalue weighted by Crippen LogP contribution is 2.39. The summed E-state index contributed by atoms with van der Waals surface area (Å²) in [6, 6.07) is 13.8. The summed E-state index contributed by atoms with van der Waals surface area (Å²) in [5, 5.41) is 19.5. The van der Waals surface area contributed by atoms with Gasteiger partial charge in [0.15, 0.2) is 11.7 Å². The highest BCUT2D eigenvalue weighted by atomic mass is 16.3. The summed E-state index contributed by atoms with van der Waals surface area (Å²) in [5.74, 6) is 0.643. The molecule has 0 aliphatic carbocycles. The molecule has 31 heavy (non-hydrogen) atoms. The number of carbonyl (C=O) groups is 1. The minimum absolute atomic E-state index is 0.0256. The van der Waals surface area contributed by atoms with E-state index >= 15 is 0 Å². The van der Waals surface area contributed by atoms with Gasteiger partial charge in [-0.05, 0) is 28.5 Å². The van der Waals surface area contributed by atoms with Crippen LogP contribution in [0.25, 0.3) is 0 Å². The molecule has 2 N–H and O–H groups in total. The Labute approximate surface area is 186 Å². The number of aromatic hydroxyl groups is 1. The number of Topliss-reactive ketones (excluding diaryl/α,β-unsaturated/α-hetero) is 1. The highest BCUT2D eigenvalue weighted by Gasteiger charge is 2.30. The van der Waals surface area contributed by atoms with Crippen LogP contribution < -0.4 is 0 Å².